The average molecular weight is 258 g/mol. The predicted octanol–water partition coefficient (Wildman–Crippen LogP) is 1.53. The molecule has 4 N–H and O–H groups in total. The Kier molecular flexibility index (Phi) is 5.24. The summed E-state index contributed by atoms with van der Waals surface area (Å²) in [6.45, 7) is 1.96. The quantitative estimate of drug-likeness (QED) is 0.324. The lowest BCUT2D eigenvalue weighted by Crippen LogP contribution is -2.16. The van der Waals surface area contributed by atoms with Crippen LogP contribution in [0, 0.1) is 5.82 Å². The molecule has 0 heterocycles. The van der Waals surface area contributed by atoms with Crippen molar-refractivity contribution in [2.75, 3.05) is 6.61 Å². The molecule has 0 aromatic heterocycles. The first kappa shape index (κ1) is 13.8. The molecule has 0 saturated heterocycles. The fourth-order valence-electron chi connectivity index (χ4n) is 1.25. The van der Waals surface area contributed by atoms with Crippen LogP contribution in [0.3, 0.4) is 0 Å². The Labute approximate surface area is 103 Å². The Bertz CT molecular complexity index is 412. The van der Waals surface area contributed by atoms with Crippen LogP contribution in [0.5, 0.6) is 0 Å². The number of nitrogens with two attached hydrogens (primary N) is 1. The van der Waals surface area contributed by atoms with E-state index in [9.17, 15) is 4.39 Å². The molecule has 0 spiro atoms. The summed E-state index contributed by atoms with van der Waals surface area (Å²) in [6.07, 6.45) is 0. The van der Waals surface area contributed by atoms with E-state index in [0.717, 1.165) is 5.56 Å². The van der Waals surface area contributed by atoms with E-state index in [-0.39, 0.29) is 17.7 Å². The monoisotopic (exact) mass is 258 g/mol. The van der Waals surface area contributed by atoms with Gasteiger partial charge in [0.1, 0.15) is 5.82 Å². The van der Waals surface area contributed by atoms with Gasteiger partial charge in [0, 0.05) is 16.6 Å². The number of amidine groups is 1. The third-order valence-corrected chi connectivity index (χ3v) is 3.43. The summed E-state index contributed by atoms with van der Waals surface area (Å²) in [4.78, 5) is 0. The van der Waals surface area contributed by atoms with Crippen LogP contribution in [0.25, 0.3) is 0 Å². The summed E-state index contributed by atoms with van der Waals surface area (Å²) in [5.74, 6) is 0.0143. The topological polar surface area (TPSA) is 78.8 Å². The van der Waals surface area contributed by atoms with Gasteiger partial charge in [0.2, 0.25) is 0 Å². The number of rotatable bonds is 5. The molecule has 1 aromatic carbocycles. The number of oxime groups is 1. The maximum Gasteiger partial charge on any atom is 0.170 e. The number of hydrogen-bond donors (Lipinski definition) is 3. The van der Waals surface area contributed by atoms with Gasteiger partial charge in [-0.3, -0.25) is 0 Å². The molecule has 0 radical (unpaired) electrons. The van der Waals surface area contributed by atoms with Crippen LogP contribution in [0.15, 0.2) is 23.4 Å². The highest BCUT2D eigenvalue weighted by molar-refractivity contribution is 7.99. The zero-order chi connectivity index (χ0) is 12.8. The van der Waals surface area contributed by atoms with Crippen molar-refractivity contribution in [1.29, 1.82) is 0 Å². The lowest BCUT2D eigenvalue weighted by molar-refractivity contribution is 0.300. The second kappa shape index (κ2) is 6.46. The minimum absolute atomic E-state index is 0.0742. The molecule has 4 nitrogen and oxygen atoms in total. The summed E-state index contributed by atoms with van der Waals surface area (Å²) >= 11 is 1.51. The van der Waals surface area contributed by atoms with Crippen LogP contribution in [-0.4, -0.2) is 28.0 Å². The Hall–Kier alpha value is -1.27. The van der Waals surface area contributed by atoms with E-state index >= 15 is 0 Å². The van der Waals surface area contributed by atoms with Gasteiger partial charge in [0.25, 0.3) is 0 Å². The third-order valence-electron chi connectivity index (χ3n) is 2.24. The number of halogens is 1. The summed E-state index contributed by atoms with van der Waals surface area (Å²) in [7, 11) is 0. The van der Waals surface area contributed by atoms with Gasteiger partial charge in [0.05, 0.1) is 6.61 Å². The lowest BCUT2D eigenvalue weighted by Gasteiger charge is -2.11. The van der Waals surface area contributed by atoms with Crippen molar-refractivity contribution in [2.45, 2.75) is 17.9 Å². The molecule has 1 aromatic rings. The van der Waals surface area contributed by atoms with Crippen molar-refractivity contribution in [3.05, 3.63) is 35.1 Å². The fraction of sp³-hybridized carbons (Fsp3) is 0.364. The van der Waals surface area contributed by atoms with E-state index in [1.807, 2.05) is 6.92 Å². The normalized spacial score (nSPS) is 13.7. The van der Waals surface area contributed by atoms with Crippen molar-refractivity contribution >= 4 is 17.6 Å². The number of hydrogen-bond acceptors (Lipinski definition) is 4. The largest absolute Gasteiger partial charge is 0.409 e. The van der Waals surface area contributed by atoms with Crippen LogP contribution >= 0.6 is 11.8 Å². The first-order valence-corrected chi connectivity index (χ1v) is 6.12. The molecule has 0 amide bonds. The SMILES string of the molecule is CC(CO)SCc1ccc(F)cc1/C(N)=N/O. The van der Waals surface area contributed by atoms with Gasteiger partial charge in [-0.05, 0) is 17.7 Å². The van der Waals surface area contributed by atoms with Crippen LogP contribution in [0.4, 0.5) is 4.39 Å². The van der Waals surface area contributed by atoms with E-state index in [1.165, 1.54) is 23.9 Å². The van der Waals surface area contributed by atoms with E-state index in [1.54, 1.807) is 6.07 Å². The van der Waals surface area contributed by atoms with Gasteiger partial charge in [-0.15, -0.1) is 0 Å². The van der Waals surface area contributed by atoms with Crippen molar-refractivity contribution in [1.82, 2.24) is 0 Å². The molecule has 94 valence electrons. The second-order valence-electron chi connectivity index (χ2n) is 3.59. The molecule has 0 aliphatic carbocycles. The standard InChI is InChI=1S/C11H15FN2O2S/c1-7(5-15)17-6-8-2-3-9(12)4-10(8)11(13)14-16/h2-4,7,15-16H,5-6H2,1H3,(H2,13,14). The summed E-state index contributed by atoms with van der Waals surface area (Å²) < 4.78 is 13.1. The molecule has 0 bridgehead atoms. The first-order chi connectivity index (χ1) is 8.08. The van der Waals surface area contributed by atoms with Crippen LogP contribution in [-0.2, 0) is 5.75 Å². The van der Waals surface area contributed by atoms with Crippen molar-refractivity contribution < 1.29 is 14.7 Å². The fourth-order valence-corrected chi connectivity index (χ4v) is 2.07. The van der Waals surface area contributed by atoms with E-state index in [0.29, 0.717) is 11.3 Å². The number of thioether (sulfide) groups is 1. The van der Waals surface area contributed by atoms with E-state index < -0.39 is 5.82 Å². The summed E-state index contributed by atoms with van der Waals surface area (Å²) in [5.41, 5.74) is 6.63. The van der Waals surface area contributed by atoms with E-state index in [4.69, 9.17) is 16.0 Å². The summed E-state index contributed by atoms with van der Waals surface area (Å²) in [6, 6.07) is 4.15. The van der Waals surface area contributed by atoms with Crippen LogP contribution in [0.1, 0.15) is 18.1 Å². The molecule has 1 rings (SSSR count). The Morgan fingerprint density at radius 3 is 2.88 bits per heavy atom. The van der Waals surface area contributed by atoms with Gasteiger partial charge in [-0.2, -0.15) is 11.8 Å². The average Bonchev–Trinajstić information content (AvgIpc) is 2.35. The Morgan fingerprint density at radius 1 is 1.59 bits per heavy atom. The molecule has 0 saturated carbocycles. The Morgan fingerprint density at radius 2 is 2.29 bits per heavy atom. The van der Waals surface area contributed by atoms with Crippen molar-refractivity contribution in [3.8, 4) is 0 Å². The first-order valence-electron chi connectivity index (χ1n) is 5.07. The van der Waals surface area contributed by atoms with Gasteiger partial charge in [0.15, 0.2) is 5.84 Å². The summed E-state index contributed by atoms with van der Waals surface area (Å²) in [5, 5.41) is 20.5. The molecule has 0 aliphatic rings. The third kappa shape index (κ3) is 3.90. The van der Waals surface area contributed by atoms with Gasteiger partial charge < -0.3 is 16.0 Å². The highest BCUT2D eigenvalue weighted by Crippen LogP contribution is 2.21. The predicted molar refractivity (Wildman–Crippen MR) is 66.8 cm³/mol. The van der Waals surface area contributed by atoms with E-state index in [2.05, 4.69) is 5.16 Å². The lowest BCUT2D eigenvalue weighted by atomic mass is 10.1. The molecule has 17 heavy (non-hydrogen) atoms. The number of benzene rings is 1. The zero-order valence-corrected chi connectivity index (χ0v) is 10.2. The highest BCUT2D eigenvalue weighted by atomic mass is 32.2. The van der Waals surface area contributed by atoms with Gasteiger partial charge in [-0.1, -0.05) is 18.1 Å². The minimum atomic E-state index is -0.435. The van der Waals surface area contributed by atoms with Crippen LogP contribution < -0.4 is 5.73 Å². The van der Waals surface area contributed by atoms with Gasteiger partial charge in [-0.25, -0.2) is 4.39 Å². The van der Waals surface area contributed by atoms with Crippen LogP contribution in [0.2, 0.25) is 0 Å². The number of aliphatic hydroxyl groups excluding tert-OH is 1. The van der Waals surface area contributed by atoms with Crippen molar-refractivity contribution in [2.24, 2.45) is 10.9 Å². The highest BCUT2D eigenvalue weighted by Gasteiger charge is 2.10. The van der Waals surface area contributed by atoms with Gasteiger partial charge >= 0.3 is 0 Å². The molecular formula is C11H15FN2O2S. The maximum absolute atomic E-state index is 13.1. The molecule has 6 heteroatoms. The molecule has 0 fully saturated rings. The smallest absolute Gasteiger partial charge is 0.170 e. The molecular weight excluding hydrogens is 243 g/mol. The number of aliphatic hydroxyl groups is 1. The second-order valence-corrected chi connectivity index (χ2v) is 5.02. The number of nitrogens with zero attached hydrogens (tertiary/aromatic N) is 1. The Balaban J connectivity index is 2.91. The maximum atomic E-state index is 13.1. The molecule has 0 aliphatic heterocycles. The minimum Gasteiger partial charge on any atom is -0.409 e. The zero-order valence-electron chi connectivity index (χ0n) is 9.43. The molecule has 1 unspecified atom stereocenters. The molecule has 1 atom stereocenters. The van der Waals surface area contributed by atoms with Crippen molar-refractivity contribution in [3.63, 3.8) is 0 Å².